The standard InChI is InChI=1S/C17H16O2/c18-12-4-7-15-8-10-17(11-9-15)14-19-13-16-5-2-1-3-6-16/h1-3,5-6,8-11,18H,12-14H2. The van der Waals surface area contributed by atoms with Gasteiger partial charge in [0.1, 0.15) is 6.61 Å². The van der Waals surface area contributed by atoms with Crippen molar-refractivity contribution in [2.45, 2.75) is 13.2 Å². The summed E-state index contributed by atoms with van der Waals surface area (Å²) in [6.45, 7) is 1.09. The van der Waals surface area contributed by atoms with Crippen LogP contribution in [0.25, 0.3) is 0 Å². The van der Waals surface area contributed by atoms with Crippen LogP contribution in [0.1, 0.15) is 16.7 Å². The molecule has 2 rings (SSSR count). The Hall–Kier alpha value is -2.08. The van der Waals surface area contributed by atoms with Crippen molar-refractivity contribution in [2.75, 3.05) is 6.61 Å². The molecule has 0 bridgehead atoms. The Morgan fingerprint density at radius 1 is 0.842 bits per heavy atom. The van der Waals surface area contributed by atoms with Gasteiger partial charge >= 0.3 is 0 Å². The summed E-state index contributed by atoms with van der Waals surface area (Å²) in [5, 5.41) is 8.61. The summed E-state index contributed by atoms with van der Waals surface area (Å²) in [7, 11) is 0. The molecule has 0 atom stereocenters. The number of aliphatic hydroxyl groups is 1. The molecule has 0 amide bonds. The van der Waals surface area contributed by atoms with Gasteiger partial charge in [-0.05, 0) is 23.3 Å². The number of hydrogen-bond donors (Lipinski definition) is 1. The third kappa shape index (κ3) is 4.59. The van der Waals surface area contributed by atoms with Gasteiger partial charge in [0.05, 0.1) is 13.2 Å². The second-order valence-electron chi connectivity index (χ2n) is 4.14. The first-order chi connectivity index (χ1) is 9.38. The first-order valence-corrected chi connectivity index (χ1v) is 6.19. The Kier molecular flexibility index (Phi) is 5.18. The van der Waals surface area contributed by atoms with Crippen molar-refractivity contribution in [2.24, 2.45) is 0 Å². The van der Waals surface area contributed by atoms with Crippen LogP contribution in [0.15, 0.2) is 54.6 Å². The maximum atomic E-state index is 8.61. The van der Waals surface area contributed by atoms with E-state index in [4.69, 9.17) is 9.84 Å². The lowest BCUT2D eigenvalue weighted by Gasteiger charge is -2.04. The van der Waals surface area contributed by atoms with Crippen molar-refractivity contribution in [1.29, 1.82) is 0 Å². The molecule has 0 heterocycles. The maximum absolute atomic E-state index is 8.61. The second-order valence-corrected chi connectivity index (χ2v) is 4.14. The first kappa shape index (κ1) is 13.4. The molecule has 0 radical (unpaired) electrons. The van der Waals surface area contributed by atoms with Gasteiger partial charge in [0, 0.05) is 5.56 Å². The van der Waals surface area contributed by atoms with Gasteiger partial charge in [-0.3, -0.25) is 0 Å². The van der Waals surface area contributed by atoms with E-state index in [1.54, 1.807) is 0 Å². The van der Waals surface area contributed by atoms with E-state index < -0.39 is 0 Å². The van der Waals surface area contributed by atoms with Gasteiger partial charge in [0.25, 0.3) is 0 Å². The molecule has 0 saturated heterocycles. The van der Waals surface area contributed by atoms with E-state index in [2.05, 4.69) is 11.8 Å². The molecule has 0 unspecified atom stereocenters. The Morgan fingerprint density at radius 2 is 1.47 bits per heavy atom. The molecular weight excluding hydrogens is 236 g/mol. The van der Waals surface area contributed by atoms with E-state index in [9.17, 15) is 0 Å². The summed E-state index contributed by atoms with van der Waals surface area (Å²) in [5.41, 5.74) is 3.19. The van der Waals surface area contributed by atoms with Gasteiger partial charge < -0.3 is 9.84 Å². The van der Waals surface area contributed by atoms with Gasteiger partial charge in [0.15, 0.2) is 0 Å². The van der Waals surface area contributed by atoms with Crippen LogP contribution in [0, 0.1) is 11.8 Å². The summed E-state index contributed by atoms with van der Waals surface area (Å²) >= 11 is 0. The summed E-state index contributed by atoms with van der Waals surface area (Å²) < 4.78 is 5.65. The topological polar surface area (TPSA) is 29.5 Å². The van der Waals surface area contributed by atoms with Gasteiger partial charge in [-0.25, -0.2) is 0 Å². The normalized spacial score (nSPS) is 9.74. The van der Waals surface area contributed by atoms with E-state index in [0.717, 1.165) is 11.1 Å². The lowest BCUT2D eigenvalue weighted by atomic mass is 10.1. The zero-order valence-electron chi connectivity index (χ0n) is 10.7. The van der Waals surface area contributed by atoms with E-state index in [-0.39, 0.29) is 6.61 Å². The van der Waals surface area contributed by atoms with E-state index in [1.807, 2.05) is 54.6 Å². The summed E-state index contributed by atoms with van der Waals surface area (Å²) in [4.78, 5) is 0. The van der Waals surface area contributed by atoms with Crippen LogP contribution in [0.2, 0.25) is 0 Å². The molecule has 19 heavy (non-hydrogen) atoms. The first-order valence-electron chi connectivity index (χ1n) is 6.19. The van der Waals surface area contributed by atoms with Crippen LogP contribution in [0.3, 0.4) is 0 Å². The SMILES string of the molecule is OCC#Cc1ccc(COCc2ccccc2)cc1. The lowest BCUT2D eigenvalue weighted by molar-refractivity contribution is 0.107. The molecule has 0 fully saturated rings. The Morgan fingerprint density at radius 3 is 2.11 bits per heavy atom. The highest BCUT2D eigenvalue weighted by Crippen LogP contribution is 2.07. The number of rotatable bonds is 4. The van der Waals surface area contributed by atoms with Gasteiger partial charge in [-0.1, -0.05) is 54.3 Å². The highest BCUT2D eigenvalue weighted by molar-refractivity contribution is 5.36. The van der Waals surface area contributed by atoms with E-state index >= 15 is 0 Å². The fraction of sp³-hybridized carbons (Fsp3) is 0.176. The number of ether oxygens (including phenoxy) is 1. The molecule has 0 aliphatic carbocycles. The van der Waals surface area contributed by atoms with Crippen molar-refractivity contribution in [3.05, 3.63) is 71.3 Å². The minimum atomic E-state index is -0.109. The highest BCUT2D eigenvalue weighted by Gasteiger charge is 1.95. The van der Waals surface area contributed by atoms with Gasteiger partial charge in [-0.15, -0.1) is 0 Å². The predicted octanol–water partition coefficient (Wildman–Crippen LogP) is 2.75. The number of hydrogen-bond acceptors (Lipinski definition) is 2. The third-order valence-electron chi connectivity index (χ3n) is 2.65. The molecule has 96 valence electrons. The Bertz CT molecular complexity index is 547. The Balaban J connectivity index is 1.83. The average molecular weight is 252 g/mol. The van der Waals surface area contributed by atoms with Crippen molar-refractivity contribution < 1.29 is 9.84 Å². The molecule has 0 spiro atoms. The highest BCUT2D eigenvalue weighted by atomic mass is 16.5. The van der Waals surface area contributed by atoms with Crippen molar-refractivity contribution >= 4 is 0 Å². The summed E-state index contributed by atoms with van der Waals surface area (Å²) in [5.74, 6) is 5.49. The Labute approximate surface area is 113 Å². The molecule has 1 N–H and O–H groups in total. The van der Waals surface area contributed by atoms with Crippen molar-refractivity contribution in [1.82, 2.24) is 0 Å². The van der Waals surface area contributed by atoms with E-state index in [1.165, 1.54) is 5.56 Å². The summed E-state index contributed by atoms with van der Waals surface area (Å²) in [6, 6.07) is 18.0. The molecule has 0 saturated carbocycles. The van der Waals surface area contributed by atoms with Crippen LogP contribution in [-0.2, 0) is 18.0 Å². The van der Waals surface area contributed by atoms with Crippen LogP contribution in [0.4, 0.5) is 0 Å². The molecule has 0 aliphatic heterocycles. The lowest BCUT2D eigenvalue weighted by Crippen LogP contribution is -1.94. The van der Waals surface area contributed by atoms with Crippen LogP contribution >= 0.6 is 0 Å². The van der Waals surface area contributed by atoms with Crippen molar-refractivity contribution in [3.8, 4) is 11.8 Å². The van der Waals surface area contributed by atoms with E-state index in [0.29, 0.717) is 13.2 Å². The fourth-order valence-electron chi connectivity index (χ4n) is 1.69. The fourth-order valence-corrected chi connectivity index (χ4v) is 1.69. The molecule has 2 aromatic carbocycles. The number of aliphatic hydroxyl groups excluding tert-OH is 1. The molecule has 0 aliphatic rings. The van der Waals surface area contributed by atoms with Gasteiger partial charge in [-0.2, -0.15) is 0 Å². The van der Waals surface area contributed by atoms with Crippen molar-refractivity contribution in [3.63, 3.8) is 0 Å². The predicted molar refractivity (Wildman–Crippen MR) is 75.3 cm³/mol. The zero-order valence-corrected chi connectivity index (χ0v) is 10.7. The maximum Gasteiger partial charge on any atom is 0.104 e. The monoisotopic (exact) mass is 252 g/mol. The van der Waals surface area contributed by atoms with Crippen LogP contribution in [0.5, 0.6) is 0 Å². The molecule has 0 aromatic heterocycles. The molecule has 2 nitrogen and oxygen atoms in total. The summed E-state index contributed by atoms with van der Waals surface area (Å²) in [6.07, 6.45) is 0. The smallest absolute Gasteiger partial charge is 0.104 e. The van der Waals surface area contributed by atoms with Gasteiger partial charge in [0.2, 0.25) is 0 Å². The quantitative estimate of drug-likeness (QED) is 0.848. The van der Waals surface area contributed by atoms with Crippen LogP contribution < -0.4 is 0 Å². The minimum Gasteiger partial charge on any atom is -0.384 e. The van der Waals surface area contributed by atoms with Crippen LogP contribution in [-0.4, -0.2) is 11.7 Å². The molecule has 2 heteroatoms. The third-order valence-corrected chi connectivity index (χ3v) is 2.65. The number of benzene rings is 2. The molecular formula is C17H16O2. The molecule has 2 aromatic rings. The average Bonchev–Trinajstić information content (AvgIpc) is 2.47. The second kappa shape index (κ2) is 7.38. The largest absolute Gasteiger partial charge is 0.384 e. The minimum absolute atomic E-state index is 0.109. The zero-order chi connectivity index (χ0) is 13.3.